The van der Waals surface area contributed by atoms with Crippen molar-refractivity contribution in [1.29, 1.82) is 0 Å². The molecule has 4 nitrogen and oxygen atoms in total. The number of esters is 1. The summed E-state index contributed by atoms with van der Waals surface area (Å²) in [5.74, 6) is -0.655. The van der Waals surface area contributed by atoms with Crippen molar-refractivity contribution in [2.24, 2.45) is 0 Å². The van der Waals surface area contributed by atoms with Gasteiger partial charge in [0.2, 0.25) is 0 Å². The van der Waals surface area contributed by atoms with Gasteiger partial charge >= 0.3 is 49.7 Å². The van der Waals surface area contributed by atoms with Crippen LogP contribution >= 0.6 is 0 Å². The molecule has 0 atom stereocenters. The van der Waals surface area contributed by atoms with Crippen LogP contribution in [-0.2, 0) is 14.3 Å². The Morgan fingerprint density at radius 1 is 0.378 bits per heavy atom. The quantitative estimate of drug-likeness (QED) is 0.0415. The zero-order valence-corrected chi connectivity index (χ0v) is 30.4. The number of carboxylic acid groups (broad SMARTS) is 1. The van der Waals surface area contributed by atoms with Crippen molar-refractivity contribution in [3.05, 3.63) is 0 Å². The molecule has 0 heterocycles. The third-order valence-corrected chi connectivity index (χ3v) is 8.74. The Kier molecular flexibility index (Phi) is 51.0. The number of carbonyl (C=O) groups excluding carboxylic acids is 1. The topological polar surface area (TPSA) is 63.6 Å². The normalized spacial score (nSPS) is 10.6. The van der Waals surface area contributed by atoms with E-state index in [0.717, 1.165) is 32.1 Å². The summed E-state index contributed by atoms with van der Waals surface area (Å²) < 4.78 is 5.16. The first-order valence-electron chi connectivity index (χ1n) is 20.0. The summed E-state index contributed by atoms with van der Waals surface area (Å²) in [7, 11) is 0. The summed E-state index contributed by atoms with van der Waals surface area (Å²) in [4.78, 5) is 21.8. The van der Waals surface area contributed by atoms with Crippen molar-refractivity contribution in [1.82, 2.24) is 0 Å². The van der Waals surface area contributed by atoms with Crippen molar-refractivity contribution in [2.75, 3.05) is 6.61 Å². The molecule has 0 saturated heterocycles. The first-order chi connectivity index (χ1) is 21.6. The molecule has 0 aromatic heterocycles. The van der Waals surface area contributed by atoms with E-state index >= 15 is 0 Å². The van der Waals surface area contributed by atoms with Gasteiger partial charge in [-0.1, -0.05) is 207 Å². The Hall–Kier alpha value is 0.200. The summed E-state index contributed by atoms with van der Waals surface area (Å²) in [5.41, 5.74) is 0. The molecule has 0 aliphatic rings. The van der Waals surface area contributed by atoms with Gasteiger partial charge in [-0.15, -0.1) is 0 Å². The Morgan fingerprint density at radius 3 is 0.889 bits per heavy atom. The first kappa shape index (κ1) is 49.6. The number of aliphatic carboxylic acids is 1. The maximum atomic E-state index is 11.4. The third kappa shape index (κ3) is 51.2. The molecule has 0 aliphatic carbocycles. The van der Waals surface area contributed by atoms with Crippen LogP contribution in [0.3, 0.4) is 0 Å². The van der Waals surface area contributed by atoms with Gasteiger partial charge in [-0.2, -0.15) is 0 Å². The summed E-state index contributed by atoms with van der Waals surface area (Å²) >= 11 is 0. The first-order valence-corrected chi connectivity index (χ1v) is 20.0. The molecule has 0 aromatic carbocycles. The molecule has 0 saturated carbocycles. The predicted molar refractivity (Wildman–Crippen MR) is 201 cm³/mol. The van der Waals surface area contributed by atoms with Crippen LogP contribution < -0.4 is 0 Å². The van der Waals surface area contributed by atoms with Gasteiger partial charge in [-0.3, -0.25) is 9.59 Å². The molecule has 0 fully saturated rings. The SMILES string of the molecule is CCCCCCCCCCCCCCCCCC(=O)O.CCCCCCCCCCCCCCCCCC(=O)OCCCC.[CaH2]. The molecule has 0 aromatic rings. The summed E-state index contributed by atoms with van der Waals surface area (Å²) in [6.07, 6.45) is 43.3. The minimum atomic E-state index is -0.653. The van der Waals surface area contributed by atoms with Gasteiger partial charge in [0.05, 0.1) is 6.61 Å². The zero-order valence-electron chi connectivity index (χ0n) is 30.4. The minimum absolute atomic E-state index is 0. The van der Waals surface area contributed by atoms with Crippen LogP contribution in [0.25, 0.3) is 0 Å². The van der Waals surface area contributed by atoms with Gasteiger partial charge < -0.3 is 9.84 Å². The molecular formula is C40H82CaO4. The molecule has 0 spiro atoms. The maximum absolute atomic E-state index is 11.4. The van der Waals surface area contributed by atoms with Crippen molar-refractivity contribution in [2.45, 2.75) is 239 Å². The van der Waals surface area contributed by atoms with E-state index in [1.165, 1.54) is 173 Å². The average molecular weight is 667 g/mol. The van der Waals surface area contributed by atoms with E-state index in [-0.39, 0.29) is 43.7 Å². The molecule has 268 valence electrons. The van der Waals surface area contributed by atoms with Gasteiger partial charge in [0.15, 0.2) is 0 Å². The number of carbonyl (C=O) groups is 2. The van der Waals surface area contributed by atoms with E-state index < -0.39 is 5.97 Å². The number of hydrogen-bond donors (Lipinski definition) is 1. The molecule has 0 amide bonds. The monoisotopic (exact) mass is 667 g/mol. The molecule has 0 aliphatic heterocycles. The molecule has 5 heteroatoms. The summed E-state index contributed by atoms with van der Waals surface area (Å²) in [5, 5.41) is 8.52. The Bertz CT molecular complexity index is 554. The summed E-state index contributed by atoms with van der Waals surface area (Å²) in [6.45, 7) is 7.27. The fourth-order valence-corrected chi connectivity index (χ4v) is 5.69. The van der Waals surface area contributed by atoms with Crippen LogP contribution in [0.4, 0.5) is 0 Å². The average Bonchev–Trinajstić information content (AvgIpc) is 3.01. The molecular weight excluding hydrogens is 585 g/mol. The molecule has 45 heavy (non-hydrogen) atoms. The standard InChI is InChI=1S/C22H44O2.C18H36O2.Ca.2H/c1-3-5-7-8-9-10-11-12-13-14-15-16-17-18-19-20-22(23)24-21-6-4-2;1-2-3-4-5-6-7-8-9-10-11-12-13-14-15-16-17-18(19)20;;;/h3-21H2,1-2H3;2-17H2,1H3,(H,19,20);;;. The van der Waals surface area contributed by atoms with E-state index in [2.05, 4.69) is 20.8 Å². The van der Waals surface area contributed by atoms with Crippen molar-refractivity contribution >= 4 is 49.7 Å². The third-order valence-electron chi connectivity index (χ3n) is 8.74. The van der Waals surface area contributed by atoms with E-state index in [0.29, 0.717) is 19.4 Å². The van der Waals surface area contributed by atoms with Crippen LogP contribution in [-0.4, -0.2) is 61.4 Å². The van der Waals surface area contributed by atoms with Crippen LogP contribution in [0.15, 0.2) is 0 Å². The Morgan fingerprint density at radius 2 is 0.622 bits per heavy atom. The van der Waals surface area contributed by atoms with Gasteiger partial charge in [-0.05, 0) is 19.3 Å². The number of unbranched alkanes of at least 4 members (excludes halogenated alkanes) is 29. The van der Waals surface area contributed by atoms with E-state index in [9.17, 15) is 9.59 Å². The van der Waals surface area contributed by atoms with Gasteiger partial charge in [0, 0.05) is 12.8 Å². The molecule has 0 bridgehead atoms. The second-order valence-electron chi connectivity index (χ2n) is 13.4. The number of ether oxygens (including phenoxy) is 1. The second-order valence-corrected chi connectivity index (χ2v) is 13.4. The molecule has 1 N–H and O–H groups in total. The fraction of sp³-hybridized carbons (Fsp3) is 0.950. The van der Waals surface area contributed by atoms with Gasteiger partial charge in [0.1, 0.15) is 0 Å². The van der Waals surface area contributed by atoms with Gasteiger partial charge in [0.25, 0.3) is 0 Å². The van der Waals surface area contributed by atoms with Crippen molar-refractivity contribution < 1.29 is 19.4 Å². The van der Waals surface area contributed by atoms with Crippen molar-refractivity contribution in [3.63, 3.8) is 0 Å². The van der Waals surface area contributed by atoms with E-state index in [1.807, 2.05) is 0 Å². The predicted octanol–water partition coefficient (Wildman–Crippen LogP) is 13.0. The number of hydrogen-bond acceptors (Lipinski definition) is 3. The van der Waals surface area contributed by atoms with E-state index in [1.54, 1.807) is 0 Å². The zero-order chi connectivity index (χ0) is 32.6. The Balaban J connectivity index is -0.000000779. The summed E-state index contributed by atoms with van der Waals surface area (Å²) in [6, 6.07) is 0. The molecule has 0 rings (SSSR count). The molecule has 0 unspecified atom stereocenters. The van der Waals surface area contributed by atoms with Crippen LogP contribution in [0.1, 0.15) is 239 Å². The van der Waals surface area contributed by atoms with Crippen LogP contribution in [0.5, 0.6) is 0 Å². The van der Waals surface area contributed by atoms with Crippen molar-refractivity contribution in [3.8, 4) is 0 Å². The van der Waals surface area contributed by atoms with Crippen LogP contribution in [0.2, 0.25) is 0 Å². The van der Waals surface area contributed by atoms with Gasteiger partial charge in [-0.25, -0.2) is 0 Å². The van der Waals surface area contributed by atoms with Crippen LogP contribution in [0, 0.1) is 0 Å². The number of carboxylic acids is 1. The number of rotatable bonds is 35. The molecule has 0 radical (unpaired) electrons. The fourth-order valence-electron chi connectivity index (χ4n) is 5.69. The Labute approximate surface area is 312 Å². The van der Waals surface area contributed by atoms with E-state index in [4.69, 9.17) is 9.84 Å². The second kappa shape index (κ2) is 46.3.